The Labute approximate surface area is 173 Å². The van der Waals surface area contributed by atoms with Crippen LogP contribution >= 0.6 is 11.6 Å². The lowest BCUT2D eigenvalue weighted by Crippen LogP contribution is -2.41. The number of carbonyl (C=O) groups excluding carboxylic acids is 1. The average Bonchev–Trinajstić information content (AvgIpc) is 2.74. The van der Waals surface area contributed by atoms with E-state index in [9.17, 15) is 13.2 Å². The summed E-state index contributed by atoms with van der Waals surface area (Å²) in [4.78, 5) is 21.2. The molecule has 29 heavy (non-hydrogen) atoms. The summed E-state index contributed by atoms with van der Waals surface area (Å²) in [5, 5.41) is 4.27. The summed E-state index contributed by atoms with van der Waals surface area (Å²) in [6, 6.07) is 10.3. The van der Waals surface area contributed by atoms with Gasteiger partial charge in [0, 0.05) is 48.0 Å². The number of aromatic nitrogens is 2. The molecule has 4 rings (SSSR count). The number of anilines is 1. The lowest BCUT2D eigenvalue weighted by atomic mass is 9.97. The SMILES string of the molecule is O=C(Nc1cc(Cl)cc2cccnc12)C1CCN(S(=O)(=O)c2cccnc2)CC1. The fourth-order valence-electron chi connectivity index (χ4n) is 3.49. The van der Waals surface area contributed by atoms with Crippen molar-refractivity contribution < 1.29 is 13.2 Å². The van der Waals surface area contributed by atoms with E-state index >= 15 is 0 Å². The summed E-state index contributed by atoms with van der Waals surface area (Å²) in [6.45, 7) is 0.563. The van der Waals surface area contributed by atoms with E-state index in [1.165, 1.54) is 22.8 Å². The molecule has 1 aliphatic rings. The zero-order valence-corrected chi connectivity index (χ0v) is 17.0. The number of benzene rings is 1. The van der Waals surface area contributed by atoms with Crippen LogP contribution in [0.25, 0.3) is 10.9 Å². The number of piperidine rings is 1. The zero-order chi connectivity index (χ0) is 20.4. The number of rotatable bonds is 4. The van der Waals surface area contributed by atoms with Crippen LogP contribution in [0.15, 0.2) is 59.9 Å². The third kappa shape index (κ3) is 4.10. The number of halogens is 1. The number of nitrogens with one attached hydrogen (secondary N) is 1. The van der Waals surface area contributed by atoms with E-state index in [0.717, 1.165) is 5.39 Å². The van der Waals surface area contributed by atoms with Gasteiger partial charge in [-0.15, -0.1) is 0 Å². The standard InChI is InChI=1S/C20H19ClN4O3S/c21-16-11-15-3-1-8-23-19(15)18(12-16)24-20(26)14-5-9-25(10-6-14)29(27,28)17-4-2-7-22-13-17/h1-4,7-8,11-14H,5-6,9-10H2,(H,24,26). The predicted molar refractivity (Wildman–Crippen MR) is 111 cm³/mol. The largest absolute Gasteiger partial charge is 0.324 e. The Morgan fingerprint density at radius 3 is 2.62 bits per heavy atom. The van der Waals surface area contributed by atoms with Gasteiger partial charge in [0.2, 0.25) is 15.9 Å². The smallest absolute Gasteiger partial charge is 0.244 e. The zero-order valence-electron chi connectivity index (χ0n) is 15.5. The molecule has 3 heterocycles. The fraction of sp³-hybridized carbons (Fsp3) is 0.250. The number of pyridine rings is 2. The number of carbonyl (C=O) groups is 1. The first kappa shape index (κ1) is 19.8. The molecule has 1 aliphatic heterocycles. The molecule has 0 bridgehead atoms. The van der Waals surface area contributed by atoms with Gasteiger partial charge in [-0.2, -0.15) is 4.31 Å². The Kier molecular flexibility index (Phi) is 5.49. The monoisotopic (exact) mass is 430 g/mol. The van der Waals surface area contributed by atoms with Crippen molar-refractivity contribution >= 4 is 44.1 Å². The van der Waals surface area contributed by atoms with Gasteiger partial charge in [0.25, 0.3) is 0 Å². The Morgan fingerprint density at radius 2 is 1.90 bits per heavy atom. The van der Waals surface area contributed by atoms with Crippen LogP contribution in [0.2, 0.25) is 5.02 Å². The molecule has 1 saturated heterocycles. The molecule has 0 atom stereocenters. The summed E-state index contributed by atoms with van der Waals surface area (Å²) >= 11 is 6.16. The van der Waals surface area contributed by atoms with Crippen molar-refractivity contribution in [3.05, 3.63) is 60.0 Å². The number of sulfonamides is 1. The average molecular weight is 431 g/mol. The van der Waals surface area contributed by atoms with Gasteiger partial charge in [0.05, 0.1) is 11.2 Å². The van der Waals surface area contributed by atoms with Crippen molar-refractivity contribution in [3.63, 3.8) is 0 Å². The second-order valence-corrected chi connectivity index (χ2v) is 9.26. The van der Waals surface area contributed by atoms with Gasteiger partial charge in [-0.3, -0.25) is 14.8 Å². The van der Waals surface area contributed by atoms with Crippen molar-refractivity contribution in [2.75, 3.05) is 18.4 Å². The van der Waals surface area contributed by atoms with Crippen molar-refractivity contribution in [1.82, 2.24) is 14.3 Å². The Hall–Kier alpha value is -2.55. The summed E-state index contributed by atoms with van der Waals surface area (Å²) in [6.07, 6.45) is 5.41. The molecule has 2 aromatic heterocycles. The van der Waals surface area contributed by atoms with E-state index < -0.39 is 10.0 Å². The van der Waals surface area contributed by atoms with Gasteiger partial charge in [-0.25, -0.2) is 8.42 Å². The molecule has 0 unspecified atom stereocenters. The molecule has 1 amide bonds. The molecule has 3 aromatic rings. The first-order valence-corrected chi connectivity index (χ1v) is 11.0. The maximum absolute atomic E-state index is 12.8. The predicted octanol–water partition coefficient (Wildman–Crippen LogP) is 3.32. The van der Waals surface area contributed by atoms with Gasteiger partial charge >= 0.3 is 0 Å². The number of hydrogen-bond acceptors (Lipinski definition) is 5. The highest BCUT2D eigenvalue weighted by atomic mass is 35.5. The molecule has 0 saturated carbocycles. The van der Waals surface area contributed by atoms with Crippen LogP contribution in [0.1, 0.15) is 12.8 Å². The van der Waals surface area contributed by atoms with E-state index in [4.69, 9.17) is 11.6 Å². The van der Waals surface area contributed by atoms with Crippen LogP contribution in [0, 0.1) is 5.92 Å². The van der Waals surface area contributed by atoms with Gasteiger partial charge in [-0.05, 0) is 43.2 Å². The molecule has 1 aromatic carbocycles. The molecule has 150 valence electrons. The van der Waals surface area contributed by atoms with E-state index in [-0.39, 0.29) is 29.8 Å². The van der Waals surface area contributed by atoms with Gasteiger partial charge in [0.15, 0.2) is 0 Å². The van der Waals surface area contributed by atoms with Crippen molar-refractivity contribution in [3.8, 4) is 0 Å². The minimum atomic E-state index is -3.59. The fourth-order valence-corrected chi connectivity index (χ4v) is 5.15. The maximum atomic E-state index is 12.8. The molecule has 0 radical (unpaired) electrons. The van der Waals surface area contributed by atoms with Crippen LogP contribution in [0.3, 0.4) is 0 Å². The first-order chi connectivity index (χ1) is 13.9. The quantitative estimate of drug-likeness (QED) is 0.685. The summed E-state index contributed by atoms with van der Waals surface area (Å²) < 4.78 is 26.8. The second kappa shape index (κ2) is 8.06. The molecule has 9 heteroatoms. The normalized spacial score (nSPS) is 16.0. The van der Waals surface area contributed by atoms with Crippen LogP contribution in [0.4, 0.5) is 5.69 Å². The minimum Gasteiger partial charge on any atom is -0.324 e. The molecule has 1 fully saturated rings. The van der Waals surface area contributed by atoms with E-state index in [1.807, 2.05) is 12.1 Å². The van der Waals surface area contributed by atoms with E-state index in [0.29, 0.717) is 29.1 Å². The molecule has 0 spiro atoms. The highest BCUT2D eigenvalue weighted by Gasteiger charge is 2.32. The van der Waals surface area contributed by atoms with Crippen LogP contribution < -0.4 is 5.32 Å². The summed E-state index contributed by atoms with van der Waals surface area (Å²) in [7, 11) is -3.59. The molecule has 1 N–H and O–H groups in total. The number of hydrogen-bond donors (Lipinski definition) is 1. The Bertz CT molecular complexity index is 1150. The van der Waals surface area contributed by atoms with Crippen molar-refractivity contribution in [2.24, 2.45) is 5.92 Å². The molecule has 0 aliphatic carbocycles. The molecule has 7 nitrogen and oxygen atoms in total. The molecular formula is C20H19ClN4O3S. The van der Waals surface area contributed by atoms with Gasteiger partial charge < -0.3 is 5.32 Å². The maximum Gasteiger partial charge on any atom is 0.244 e. The second-order valence-electron chi connectivity index (χ2n) is 6.88. The Morgan fingerprint density at radius 1 is 1.14 bits per heavy atom. The van der Waals surface area contributed by atoms with Crippen molar-refractivity contribution in [1.29, 1.82) is 0 Å². The lowest BCUT2D eigenvalue weighted by molar-refractivity contribution is -0.120. The Balaban J connectivity index is 1.45. The van der Waals surface area contributed by atoms with Crippen LogP contribution in [0.5, 0.6) is 0 Å². The first-order valence-electron chi connectivity index (χ1n) is 9.20. The number of amides is 1. The number of nitrogens with zero attached hydrogens (tertiary/aromatic N) is 3. The van der Waals surface area contributed by atoms with Gasteiger partial charge in [0.1, 0.15) is 4.90 Å². The topological polar surface area (TPSA) is 92.3 Å². The van der Waals surface area contributed by atoms with E-state index in [1.54, 1.807) is 24.4 Å². The number of fused-ring (bicyclic) bond motifs is 1. The summed E-state index contributed by atoms with van der Waals surface area (Å²) in [5.41, 5.74) is 1.23. The van der Waals surface area contributed by atoms with E-state index in [2.05, 4.69) is 15.3 Å². The molecular weight excluding hydrogens is 412 g/mol. The summed E-state index contributed by atoms with van der Waals surface area (Å²) in [5.74, 6) is -0.439. The van der Waals surface area contributed by atoms with Gasteiger partial charge in [-0.1, -0.05) is 17.7 Å². The minimum absolute atomic E-state index is 0.155. The third-order valence-electron chi connectivity index (χ3n) is 5.02. The highest BCUT2D eigenvalue weighted by Crippen LogP contribution is 2.29. The lowest BCUT2D eigenvalue weighted by Gasteiger charge is -2.30. The third-order valence-corrected chi connectivity index (χ3v) is 7.12. The highest BCUT2D eigenvalue weighted by molar-refractivity contribution is 7.89. The van der Waals surface area contributed by atoms with Crippen LogP contribution in [-0.4, -0.2) is 41.7 Å². The van der Waals surface area contributed by atoms with Crippen LogP contribution in [-0.2, 0) is 14.8 Å². The van der Waals surface area contributed by atoms with Crippen molar-refractivity contribution in [2.45, 2.75) is 17.7 Å².